The van der Waals surface area contributed by atoms with Gasteiger partial charge in [0.1, 0.15) is 5.78 Å². The molecule has 6 bridgehead atoms. The van der Waals surface area contributed by atoms with Crippen molar-refractivity contribution in [2.24, 2.45) is 0 Å². The van der Waals surface area contributed by atoms with E-state index in [4.69, 9.17) is 0 Å². The van der Waals surface area contributed by atoms with Crippen LogP contribution in [-0.2, 0) is 43.3 Å². The summed E-state index contributed by atoms with van der Waals surface area (Å²) in [4.78, 5) is 12.4. The molecule has 0 spiro atoms. The SMILES string of the molecule is O=C1Cc2cc3cc(c2)CCCc2cc(cc(c2)C1)CCC3. The molecule has 3 aliphatic carbocycles. The van der Waals surface area contributed by atoms with Gasteiger partial charge in [0.15, 0.2) is 0 Å². The van der Waals surface area contributed by atoms with Crippen LogP contribution in [0.3, 0.4) is 0 Å². The zero-order valence-corrected chi connectivity index (χ0v) is 13.0. The van der Waals surface area contributed by atoms with Gasteiger partial charge in [-0.2, -0.15) is 0 Å². The van der Waals surface area contributed by atoms with Crippen molar-refractivity contribution in [1.82, 2.24) is 0 Å². The number of aryl methyl sites for hydroxylation is 4. The van der Waals surface area contributed by atoms with Gasteiger partial charge in [-0.3, -0.25) is 4.79 Å². The van der Waals surface area contributed by atoms with Crippen molar-refractivity contribution < 1.29 is 4.79 Å². The monoisotopic (exact) mass is 290 g/mol. The number of rotatable bonds is 0. The van der Waals surface area contributed by atoms with Crippen molar-refractivity contribution in [2.75, 3.05) is 0 Å². The third kappa shape index (κ3) is 2.99. The lowest BCUT2D eigenvalue weighted by Gasteiger charge is -2.15. The van der Waals surface area contributed by atoms with Gasteiger partial charge < -0.3 is 0 Å². The minimum Gasteiger partial charge on any atom is -0.299 e. The fourth-order valence-electron chi connectivity index (χ4n) is 3.97. The highest BCUT2D eigenvalue weighted by Gasteiger charge is 2.13. The Bertz CT molecular complexity index is 621. The summed E-state index contributed by atoms with van der Waals surface area (Å²) < 4.78 is 0. The second kappa shape index (κ2) is 5.72. The van der Waals surface area contributed by atoms with E-state index in [2.05, 4.69) is 36.4 Å². The molecule has 1 nitrogen and oxygen atoms in total. The number of hydrogen-bond acceptors (Lipinski definition) is 1. The number of fused-ring (bicyclic) bond motifs is 6. The molecule has 2 aromatic carbocycles. The molecule has 5 rings (SSSR count). The molecule has 112 valence electrons. The molecule has 0 saturated carbocycles. The van der Waals surface area contributed by atoms with Crippen molar-refractivity contribution in [2.45, 2.75) is 51.4 Å². The first kappa shape index (κ1) is 13.8. The van der Waals surface area contributed by atoms with Crippen LogP contribution in [0.5, 0.6) is 0 Å². The molecule has 2 aromatic rings. The number of carbonyl (C=O) groups excluding carboxylic acids is 1. The van der Waals surface area contributed by atoms with Crippen molar-refractivity contribution in [3.63, 3.8) is 0 Å². The molecule has 1 heteroatoms. The van der Waals surface area contributed by atoms with Crippen LogP contribution in [0.1, 0.15) is 46.2 Å². The summed E-state index contributed by atoms with van der Waals surface area (Å²) >= 11 is 0. The molecule has 0 atom stereocenters. The van der Waals surface area contributed by atoms with E-state index in [1.807, 2.05) is 0 Å². The molecule has 3 aliphatic rings. The summed E-state index contributed by atoms with van der Waals surface area (Å²) in [5, 5.41) is 0. The maximum Gasteiger partial charge on any atom is 0.141 e. The van der Waals surface area contributed by atoms with Crippen molar-refractivity contribution >= 4 is 5.78 Å². The third-order valence-corrected chi connectivity index (χ3v) is 4.89. The van der Waals surface area contributed by atoms with Gasteiger partial charge in [-0.25, -0.2) is 0 Å². The molecule has 0 N–H and O–H groups in total. The topological polar surface area (TPSA) is 17.1 Å². The van der Waals surface area contributed by atoms with Crippen LogP contribution >= 0.6 is 0 Å². The van der Waals surface area contributed by atoms with Crippen LogP contribution in [0.4, 0.5) is 0 Å². The summed E-state index contributed by atoms with van der Waals surface area (Å²) in [6.45, 7) is 0. The summed E-state index contributed by atoms with van der Waals surface area (Å²) in [7, 11) is 0. The van der Waals surface area contributed by atoms with E-state index in [1.165, 1.54) is 46.2 Å². The van der Waals surface area contributed by atoms with Gasteiger partial charge in [-0.15, -0.1) is 0 Å². The zero-order chi connectivity index (χ0) is 14.9. The standard InChI is InChI=1S/C21H22O/c22-21-13-19-9-15-3-1-4-16-8-18(12-20(10-16)14-21)6-2-5-17(7-15)11-19/h7-12H,1-6,13-14H2. The number of carbonyl (C=O) groups is 1. The number of benzene rings is 2. The second-order valence-corrected chi connectivity index (χ2v) is 6.91. The molecular weight excluding hydrogens is 268 g/mol. The van der Waals surface area contributed by atoms with Crippen molar-refractivity contribution in [3.05, 3.63) is 69.8 Å². The number of hydrogen-bond donors (Lipinski definition) is 0. The molecule has 22 heavy (non-hydrogen) atoms. The fraction of sp³-hybridized carbons (Fsp3) is 0.381. The first-order valence-corrected chi connectivity index (χ1v) is 8.50. The summed E-state index contributed by atoms with van der Waals surface area (Å²) in [5.41, 5.74) is 8.09. The van der Waals surface area contributed by atoms with Gasteiger partial charge in [-0.1, -0.05) is 36.4 Å². The van der Waals surface area contributed by atoms with Gasteiger partial charge >= 0.3 is 0 Å². The Morgan fingerprint density at radius 1 is 0.500 bits per heavy atom. The molecule has 0 radical (unpaired) electrons. The zero-order valence-electron chi connectivity index (χ0n) is 13.0. The fourth-order valence-corrected chi connectivity index (χ4v) is 3.97. The average molecular weight is 290 g/mol. The minimum atomic E-state index is 0.340. The van der Waals surface area contributed by atoms with E-state index in [-0.39, 0.29) is 0 Å². The van der Waals surface area contributed by atoms with E-state index in [9.17, 15) is 4.79 Å². The summed E-state index contributed by atoms with van der Waals surface area (Å²) in [6, 6.07) is 13.8. The van der Waals surface area contributed by atoms with Crippen LogP contribution in [0.25, 0.3) is 0 Å². The Labute approximate surface area is 132 Å². The molecular formula is C21H22O. The highest BCUT2D eigenvalue weighted by Crippen LogP contribution is 2.22. The quantitative estimate of drug-likeness (QED) is 0.716. The van der Waals surface area contributed by atoms with Gasteiger partial charge in [0.05, 0.1) is 0 Å². The predicted octanol–water partition coefficient (Wildman–Crippen LogP) is 4.02. The van der Waals surface area contributed by atoms with Gasteiger partial charge in [0.2, 0.25) is 0 Å². The lowest BCUT2D eigenvalue weighted by atomic mass is 9.89. The van der Waals surface area contributed by atoms with Gasteiger partial charge in [0.25, 0.3) is 0 Å². The Balaban J connectivity index is 1.84. The Kier molecular flexibility index (Phi) is 3.57. The Morgan fingerprint density at radius 3 is 1.18 bits per heavy atom. The van der Waals surface area contributed by atoms with Crippen LogP contribution in [0.15, 0.2) is 36.4 Å². The van der Waals surface area contributed by atoms with Crippen molar-refractivity contribution in [1.29, 1.82) is 0 Å². The van der Waals surface area contributed by atoms with Crippen LogP contribution < -0.4 is 0 Å². The van der Waals surface area contributed by atoms with Crippen LogP contribution in [0.2, 0.25) is 0 Å². The average Bonchev–Trinajstić information content (AvgIpc) is 2.45. The first-order chi connectivity index (χ1) is 10.7. The lowest BCUT2D eigenvalue weighted by Crippen LogP contribution is -2.10. The number of Topliss-reactive ketones (excluding diaryl/α,β-unsaturated/α-hetero) is 1. The van der Waals surface area contributed by atoms with E-state index in [0.29, 0.717) is 18.6 Å². The molecule has 0 heterocycles. The maximum absolute atomic E-state index is 12.4. The summed E-state index contributed by atoms with van der Waals surface area (Å²) in [6.07, 6.45) is 8.03. The Morgan fingerprint density at radius 2 is 0.818 bits per heavy atom. The lowest BCUT2D eigenvalue weighted by molar-refractivity contribution is -0.117. The maximum atomic E-state index is 12.4. The van der Waals surface area contributed by atoms with Crippen molar-refractivity contribution in [3.8, 4) is 0 Å². The predicted molar refractivity (Wildman–Crippen MR) is 89.3 cm³/mol. The smallest absolute Gasteiger partial charge is 0.141 e. The van der Waals surface area contributed by atoms with E-state index >= 15 is 0 Å². The highest BCUT2D eigenvalue weighted by molar-refractivity contribution is 5.83. The van der Waals surface area contributed by atoms with Crippen LogP contribution in [0, 0.1) is 0 Å². The van der Waals surface area contributed by atoms with E-state index < -0.39 is 0 Å². The Hall–Kier alpha value is -1.89. The number of ketones is 1. The molecule has 0 saturated heterocycles. The van der Waals surface area contributed by atoms with Gasteiger partial charge in [0, 0.05) is 12.8 Å². The summed E-state index contributed by atoms with van der Waals surface area (Å²) in [5.74, 6) is 0.340. The normalized spacial score (nSPS) is 17.5. The highest BCUT2D eigenvalue weighted by atomic mass is 16.1. The van der Waals surface area contributed by atoms with Gasteiger partial charge in [-0.05, 0) is 71.9 Å². The second-order valence-electron chi connectivity index (χ2n) is 6.91. The van der Waals surface area contributed by atoms with E-state index in [0.717, 1.165) is 25.7 Å². The molecule has 0 amide bonds. The first-order valence-electron chi connectivity index (χ1n) is 8.50. The minimum absolute atomic E-state index is 0.340. The van der Waals surface area contributed by atoms with Crippen LogP contribution in [-0.4, -0.2) is 5.78 Å². The molecule has 0 fully saturated rings. The third-order valence-electron chi connectivity index (χ3n) is 4.89. The largest absolute Gasteiger partial charge is 0.299 e. The van der Waals surface area contributed by atoms with E-state index in [1.54, 1.807) is 0 Å². The molecule has 0 aliphatic heterocycles. The molecule has 0 aromatic heterocycles. The molecule has 0 unspecified atom stereocenters.